The minimum absolute atomic E-state index is 0.232. The molecule has 0 aliphatic heterocycles. The molecule has 0 atom stereocenters. The number of aliphatic hydroxyl groups excluding tert-OH is 1. The summed E-state index contributed by atoms with van der Waals surface area (Å²) in [6, 6.07) is 9.91. The third-order valence-electron chi connectivity index (χ3n) is 3.80. The number of unbranched alkanes of at least 4 members (excludes halogenated alkanes) is 3. The van der Waals surface area contributed by atoms with Gasteiger partial charge in [0.15, 0.2) is 5.78 Å². The minimum atomic E-state index is 0.232. The van der Waals surface area contributed by atoms with Crippen molar-refractivity contribution in [1.82, 2.24) is 0 Å². The Morgan fingerprint density at radius 2 is 1.90 bits per heavy atom. The van der Waals surface area contributed by atoms with Crippen LogP contribution in [0.1, 0.15) is 44.6 Å². The van der Waals surface area contributed by atoms with E-state index in [1.54, 1.807) is 0 Å². The summed E-state index contributed by atoms with van der Waals surface area (Å²) < 4.78 is 0. The molecule has 0 amide bonds. The highest BCUT2D eigenvalue weighted by molar-refractivity contribution is 6.26. The monoisotopic (exact) mass is 270 g/mol. The predicted molar refractivity (Wildman–Crippen MR) is 82.3 cm³/mol. The predicted octanol–water partition coefficient (Wildman–Crippen LogP) is 3.91. The Balaban J connectivity index is 2.09. The number of ketones is 1. The van der Waals surface area contributed by atoms with Crippen LogP contribution in [0, 0.1) is 0 Å². The summed E-state index contributed by atoms with van der Waals surface area (Å²) in [7, 11) is 0. The molecule has 1 aliphatic carbocycles. The Labute approximate surface area is 120 Å². The fourth-order valence-electron chi connectivity index (χ4n) is 2.68. The van der Waals surface area contributed by atoms with Crippen LogP contribution in [0.5, 0.6) is 0 Å². The average Bonchev–Trinajstić information content (AvgIpc) is 2.74. The summed E-state index contributed by atoms with van der Waals surface area (Å²) in [6.45, 7) is 2.32. The molecule has 2 rings (SSSR count). The highest BCUT2D eigenvalue weighted by Crippen LogP contribution is 2.35. The number of Topliss-reactive ketones (excluding diaryl/α,β-unsaturated/α-hetero) is 1. The van der Waals surface area contributed by atoms with E-state index in [0.717, 1.165) is 42.4 Å². The van der Waals surface area contributed by atoms with Crippen LogP contribution < -0.4 is 0 Å². The van der Waals surface area contributed by atoms with Gasteiger partial charge in [0.05, 0.1) is 0 Å². The fourth-order valence-corrected chi connectivity index (χ4v) is 2.68. The normalized spacial score (nSPS) is 17.3. The quantitative estimate of drug-likeness (QED) is 0.796. The first-order valence-electron chi connectivity index (χ1n) is 7.34. The number of rotatable bonds is 6. The van der Waals surface area contributed by atoms with Crippen molar-refractivity contribution in [2.24, 2.45) is 0 Å². The number of hydrogen-bond donors (Lipinski definition) is 1. The van der Waals surface area contributed by atoms with Crippen LogP contribution in [0.15, 0.2) is 47.6 Å². The van der Waals surface area contributed by atoms with Crippen molar-refractivity contribution in [3.8, 4) is 0 Å². The van der Waals surface area contributed by atoms with Crippen molar-refractivity contribution in [3.05, 3.63) is 53.1 Å². The second-order valence-corrected chi connectivity index (χ2v) is 5.27. The van der Waals surface area contributed by atoms with Gasteiger partial charge in [0.1, 0.15) is 0 Å². The van der Waals surface area contributed by atoms with Crippen LogP contribution >= 0.6 is 0 Å². The molecule has 1 aromatic carbocycles. The third-order valence-corrected chi connectivity index (χ3v) is 3.80. The van der Waals surface area contributed by atoms with E-state index in [9.17, 15) is 4.79 Å². The summed E-state index contributed by atoms with van der Waals surface area (Å²) in [5.41, 5.74) is 4.21. The molecule has 2 heteroatoms. The Bertz CT molecular complexity index is 524. The van der Waals surface area contributed by atoms with E-state index >= 15 is 0 Å². The molecule has 2 nitrogen and oxygen atoms in total. The van der Waals surface area contributed by atoms with Gasteiger partial charge >= 0.3 is 0 Å². The maximum absolute atomic E-state index is 12.2. The Morgan fingerprint density at radius 1 is 1.15 bits per heavy atom. The lowest BCUT2D eigenvalue weighted by atomic mass is 10.0. The van der Waals surface area contributed by atoms with Gasteiger partial charge in [-0.3, -0.25) is 4.79 Å². The standard InChI is InChI=1S/C18H22O2/c1-14-16(11-5-2-3-8-12-19)13-17(20)18(14)15-9-6-4-7-10-15/h4,6-7,9-11,19H,2-3,5,8,12-13H2,1H3/b16-11+. The van der Waals surface area contributed by atoms with Gasteiger partial charge < -0.3 is 5.11 Å². The molecule has 0 saturated heterocycles. The summed E-state index contributed by atoms with van der Waals surface area (Å²) in [5, 5.41) is 8.75. The van der Waals surface area contributed by atoms with E-state index in [1.165, 1.54) is 5.57 Å². The van der Waals surface area contributed by atoms with Crippen molar-refractivity contribution in [3.63, 3.8) is 0 Å². The molecule has 0 bridgehead atoms. The maximum Gasteiger partial charge on any atom is 0.168 e. The van der Waals surface area contributed by atoms with E-state index in [0.29, 0.717) is 6.42 Å². The lowest BCUT2D eigenvalue weighted by molar-refractivity contribution is -0.112. The zero-order chi connectivity index (χ0) is 14.4. The fraction of sp³-hybridized carbons (Fsp3) is 0.389. The molecule has 0 aromatic heterocycles. The van der Waals surface area contributed by atoms with Gasteiger partial charge in [-0.1, -0.05) is 42.8 Å². The summed E-state index contributed by atoms with van der Waals surface area (Å²) >= 11 is 0. The van der Waals surface area contributed by atoms with Crippen LogP contribution in [0.2, 0.25) is 0 Å². The van der Waals surface area contributed by atoms with Gasteiger partial charge in [-0.05, 0) is 42.9 Å². The topological polar surface area (TPSA) is 37.3 Å². The van der Waals surface area contributed by atoms with E-state index in [-0.39, 0.29) is 12.4 Å². The molecule has 106 valence electrons. The van der Waals surface area contributed by atoms with E-state index < -0.39 is 0 Å². The average molecular weight is 270 g/mol. The zero-order valence-electron chi connectivity index (χ0n) is 12.1. The summed E-state index contributed by atoms with van der Waals surface area (Å²) in [5.74, 6) is 0.232. The molecule has 0 unspecified atom stereocenters. The second-order valence-electron chi connectivity index (χ2n) is 5.27. The number of carbonyl (C=O) groups is 1. The number of hydrogen-bond acceptors (Lipinski definition) is 2. The van der Waals surface area contributed by atoms with Crippen LogP contribution in [0.25, 0.3) is 5.57 Å². The maximum atomic E-state index is 12.2. The third kappa shape index (κ3) is 3.45. The van der Waals surface area contributed by atoms with Gasteiger partial charge in [-0.25, -0.2) is 0 Å². The number of allylic oxidation sites excluding steroid dienone is 4. The van der Waals surface area contributed by atoms with Crippen LogP contribution in [-0.4, -0.2) is 17.5 Å². The SMILES string of the molecule is CC1=C(c2ccccc2)C(=O)C/C1=C\CCCCCO. The number of aliphatic hydroxyl groups is 1. The van der Waals surface area contributed by atoms with Gasteiger partial charge in [0.25, 0.3) is 0 Å². The molecule has 0 saturated carbocycles. The minimum Gasteiger partial charge on any atom is -0.396 e. The molecule has 1 aromatic rings. The first-order valence-corrected chi connectivity index (χ1v) is 7.34. The second kappa shape index (κ2) is 7.20. The smallest absolute Gasteiger partial charge is 0.168 e. The number of benzene rings is 1. The highest BCUT2D eigenvalue weighted by Gasteiger charge is 2.25. The van der Waals surface area contributed by atoms with Crippen molar-refractivity contribution in [2.75, 3.05) is 6.61 Å². The zero-order valence-corrected chi connectivity index (χ0v) is 12.1. The lowest BCUT2D eigenvalue weighted by Crippen LogP contribution is -1.95. The van der Waals surface area contributed by atoms with Crippen molar-refractivity contribution >= 4 is 11.4 Å². The van der Waals surface area contributed by atoms with Gasteiger partial charge in [-0.15, -0.1) is 0 Å². The lowest BCUT2D eigenvalue weighted by Gasteiger charge is -2.02. The Hall–Kier alpha value is -1.67. The Kier molecular flexibility index (Phi) is 5.31. The molecule has 0 spiro atoms. The molecule has 1 aliphatic rings. The molecule has 1 N–H and O–H groups in total. The van der Waals surface area contributed by atoms with Gasteiger partial charge in [0.2, 0.25) is 0 Å². The van der Waals surface area contributed by atoms with Gasteiger partial charge in [-0.2, -0.15) is 0 Å². The molecule has 20 heavy (non-hydrogen) atoms. The van der Waals surface area contributed by atoms with Crippen LogP contribution in [-0.2, 0) is 4.79 Å². The highest BCUT2D eigenvalue weighted by atomic mass is 16.2. The van der Waals surface area contributed by atoms with E-state index in [4.69, 9.17) is 5.11 Å². The van der Waals surface area contributed by atoms with Crippen molar-refractivity contribution < 1.29 is 9.90 Å². The van der Waals surface area contributed by atoms with E-state index in [1.807, 2.05) is 37.3 Å². The molecule has 0 fully saturated rings. The Morgan fingerprint density at radius 3 is 2.60 bits per heavy atom. The molecule has 0 heterocycles. The van der Waals surface area contributed by atoms with E-state index in [2.05, 4.69) is 6.08 Å². The molecule has 0 radical (unpaired) electrons. The first-order chi connectivity index (χ1) is 9.74. The van der Waals surface area contributed by atoms with Crippen LogP contribution in [0.4, 0.5) is 0 Å². The molecular formula is C18H22O2. The van der Waals surface area contributed by atoms with Crippen molar-refractivity contribution in [1.29, 1.82) is 0 Å². The summed E-state index contributed by atoms with van der Waals surface area (Å²) in [6.07, 6.45) is 6.71. The van der Waals surface area contributed by atoms with Crippen LogP contribution in [0.3, 0.4) is 0 Å². The summed E-state index contributed by atoms with van der Waals surface area (Å²) in [4.78, 5) is 12.2. The molecular weight excluding hydrogens is 248 g/mol. The first kappa shape index (κ1) is 14.7. The van der Waals surface area contributed by atoms with Gasteiger partial charge in [0, 0.05) is 18.6 Å². The number of carbonyl (C=O) groups excluding carboxylic acids is 1. The van der Waals surface area contributed by atoms with Crippen molar-refractivity contribution in [2.45, 2.75) is 39.0 Å². The largest absolute Gasteiger partial charge is 0.396 e.